The van der Waals surface area contributed by atoms with Crippen molar-refractivity contribution in [2.75, 3.05) is 19.8 Å². The molecule has 1 aromatic carbocycles. The summed E-state index contributed by atoms with van der Waals surface area (Å²) in [6, 6.07) is 9.70. The van der Waals surface area contributed by atoms with Crippen LogP contribution in [0.2, 0.25) is 0 Å². The van der Waals surface area contributed by atoms with Gasteiger partial charge in [-0.15, -0.1) is 0 Å². The summed E-state index contributed by atoms with van der Waals surface area (Å²) in [5.41, 5.74) is 0.198. The zero-order valence-electron chi connectivity index (χ0n) is 10.6. The Kier molecular flexibility index (Phi) is 2.98. The number of rotatable bonds is 2. The van der Waals surface area contributed by atoms with Crippen LogP contribution in [-0.2, 0) is 20.9 Å². The first-order chi connectivity index (χ1) is 9.20. The van der Waals surface area contributed by atoms with Crippen LogP contribution < -0.4 is 5.32 Å². The topological polar surface area (TPSA) is 58.6 Å². The van der Waals surface area contributed by atoms with Crippen molar-refractivity contribution in [3.05, 3.63) is 35.9 Å². The molecule has 1 spiro atoms. The van der Waals surface area contributed by atoms with Crippen LogP contribution in [0.3, 0.4) is 0 Å². The van der Waals surface area contributed by atoms with Crippen LogP contribution in [0.4, 0.5) is 0 Å². The van der Waals surface area contributed by atoms with Crippen LogP contribution in [0.15, 0.2) is 30.3 Å². The zero-order valence-corrected chi connectivity index (χ0v) is 10.6. The minimum absolute atomic E-state index is 0.0338. The molecular weight excluding hydrogens is 244 g/mol. The van der Waals surface area contributed by atoms with E-state index >= 15 is 0 Å². The van der Waals surface area contributed by atoms with Crippen molar-refractivity contribution in [3.63, 3.8) is 0 Å². The first-order valence-electron chi connectivity index (χ1n) is 6.42. The second kappa shape index (κ2) is 4.66. The predicted octanol–water partition coefficient (Wildman–Crippen LogP) is 0.304. The molecule has 0 saturated carbocycles. The zero-order chi connectivity index (χ0) is 13.3. The van der Waals surface area contributed by atoms with E-state index in [9.17, 15) is 9.59 Å². The molecule has 1 atom stereocenters. The molecule has 0 aliphatic carbocycles. The van der Waals surface area contributed by atoms with Gasteiger partial charge in [0.1, 0.15) is 5.54 Å². The van der Waals surface area contributed by atoms with Gasteiger partial charge in [0, 0.05) is 19.6 Å². The summed E-state index contributed by atoms with van der Waals surface area (Å²) in [6.07, 6.45) is 0.558. The highest BCUT2D eigenvalue weighted by molar-refractivity contribution is 5.98. The van der Waals surface area contributed by atoms with Gasteiger partial charge in [-0.25, -0.2) is 0 Å². The Labute approximate surface area is 111 Å². The van der Waals surface area contributed by atoms with E-state index in [2.05, 4.69) is 5.32 Å². The molecular formula is C14H16N2O3. The third-order valence-electron chi connectivity index (χ3n) is 3.65. The highest BCUT2D eigenvalue weighted by Gasteiger charge is 2.49. The molecule has 2 saturated heterocycles. The van der Waals surface area contributed by atoms with Crippen LogP contribution in [0.25, 0.3) is 0 Å². The molecule has 100 valence electrons. The van der Waals surface area contributed by atoms with Gasteiger partial charge in [-0.1, -0.05) is 30.3 Å². The monoisotopic (exact) mass is 260 g/mol. The Morgan fingerprint density at radius 2 is 2.05 bits per heavy atom. The van der Waals surface area contributed by atoms with Gasteiger partial charge >= 0.3 is 0 Å². The Morgan fingerprint density at radius 1 is 1.26 bits per heavy atom. The average molecular weight is 260 g/mol. The molecule has 2 fully saturated rings. The number of hydrogen-bond donors (Lipinski definition) is 1. The molecule has 19 heavy (non-hydrogen) atoms. The number of benzene rings is 1. The molecule has 1 aromatic rings. The molecule has 1 unspecified atom stereocenters. The predicted molar refractivity (Wildman–Crippen MR) is 68.2 cm³/mol. The van der Waals surface area contributed by atoms with Crippen molar-refractivity contribution < 1.29 is 14.3 Å². The van der Waals surface area contributed by atoms with Crippen molar-refractivity contribution in [1.29, 1.82) is 0 Å². The standard InChI is InChI=1S/C14H16N2O3/c17-12-9-16(8-11-4-2-1-3-5-11)13(18)14(15-12)6-7-19-10-14/h1-5H,6-10H2,(H,15,17). The van der Waals surface area contributed by atoms with Crippen molar-refractivity contribution in [2.45, 2.75) is 18.5 Å². The van der Waals surface area contributed by atoms with Gasteiger partial charge in [-0.05, 0) is 5.56 Å². The van der Waals surface area contributed by atoms with Crippen molar-refractivity contribution in [3.8, 4) is 0 Å². The molecule has 5 heteroatoms. The second-order valence-corrected chi connectivity index (χ2v) is 5.08. The lowest BCUT2D eigenvalue weighted by Crippen LogP contribution is -2.66. The number of amides is 2. The second-order valence-electron chi connectivity index (χ2n) is 5.08. The highest BCUT2D eigenvalue weighted by Crippen LogP contribution is 2.25. The average Bonchev–Trinajstić information content (AvgIpc) is 2.86. The van der Waals surface area contributed by atoms with E-state index in [-0.39, 0.29) is 25.0 Å². The molecule has 2 heterocycles. The molecule has 3 rings (SSSR count). The fourth-order valence-corrected chi connectivity index (χ4v) is 2.67. The maximum Gasteiger partial charge on any atom is 0.251 e. The van der Waals surface area contributed by atoms with E-state index in [1.54, 1.807) is 4.90 Å². The molecule has 2 amide bonds. The summed E-state index contributed by atoms with van der Waals surface area (Å²) >= 11 is 0. The van der Waals surface area contributed by atoms with Crippen LogP contribution in [-0.4, -0.2) is 42.0 Å². The first kappa shape index (κ1) is 12.2. The molecule has 5 nitrogen and oxygen atoms in total. The number of piperazine rings is 1. The number of carbonyl (C=O) groups is 2. The van der Waals surface area contributed by atoms with Gasteiger partial charge in [0.2, 0.25) is 5.91 Å². The molecule has 2 aliphatic heterocycles. The Hall–Kier alpha value is -1.88. The fourth-order valence-electron chi connectivity index (χ4n) is 2.67. The SMILES string of the molecule is O=C1CN(Cc2ccccc2)C(=O)C2(CCOC2)N1. The largest absolute Gasteiger partial charge is 0.378 e. The van der Waals surface area contributed by atoms with E-state index in [1.165, 1.54) is 0 Å². The summed E-state index contributed by atoms with van der Waals surface area (Å²) in [4.78, 5) is 26.0. The Bertz CT molecular complexity index is 495. The summed E-state index contributed by atoms with van der Waals surface area (Å²) < 4.78 is 5.29. The van der Waals surface area contributed by atoms with Crippen LogP contribution in [0.5, 0.6) is 0 Å². The Morgan fingerprint density at radius 3 is 2.74 bits per heavy atom. The number of nitrogens with one attached hydrogen (secondary N) is 1. The minimum atomic E-state index is -0.829. The quantitative estimate of drug-likeness (QED) is 0.832. The fraction of sp³-hybridized carbons (Fsp3) is 0.429. The highest BCUT2D eigenvalue weighted by atomic mass is 16.5. The molecule has 0 radical (unpaired) electrons. The van der Waals surface area contributed by atoms with Gasteiger partial charge < -0.3 is 15.0 Å². The maximum atomic E-state index is 12.5. The number of carbonyl (C=O) groups excluding carboxylic acids is 2. The summed E-state index contributed by atoms with van der Waals surface area (Å²) in [5.74, 6) is -0.144. The normalized spacial score (nSPS) is 26.8. The van der Waals surface area contributed by atoms with Gasteiger partial charge in [0.25, 0.3) is 5.91 Å². The van der Waals surface area contributed by atoms with E-state index < -0.39 is 5.54 Å². The maximum absolute atomic E-state index is 12.5. The smallest absolute Gasteiger partial charge is 0.251 e. The number of ether oxygens (including phenoxy) is 1. The van der Waals surface area contributed by atoms with Crippen LogP contribution in [0, 0.1) is 0 Å². The van der Waals surface area contributed by atoms with Gasteiger partial charge in [0.05, 0.1) is 13.2 Å². The summed E-state index contributed by atoms with van der Waals surface area (Å²) in [7, 11) is 0. The molecule has 1 N–H and O–H groups in total. The summed E-state index contributed by atoms with van der Waals surface area (Å²) in [6.45, 7) is 1.39. The first-order valence-corrected chi connectivity index (χ1v) is 6.42. The van der Waals surface area contributed by atoms with E-state index in [1.807, 2.05) is 30.3 Å². The third kappa shape index (κ3) is 2.21. The van der Waals surface area contributed by atoms with Crippen LogP contribution >= 0.6 is 0 Å². The lowest BCUT2D eigenvalue weighted by molar-refractivity contribution is -0.150. The van der Waals surface area contributed by atoms with Gasteiger partial charge in [-0.2, -0.15) is 0 Å². The third-order valence-corrected chi connectivity index (χ3v) is 3.65. The van der Waals surface area contributed by atoms with E-state index in [4.69, 9.17) is 4.74 Å². The van der Waals surface area contributed by atoms with Crippen molar-refractivity contribution >= 4 is 11.8 Å². The molecule has 2 aliphatic rings. The van der Waals surface area contributed by atoms with E-state index in [0.717, 1.165) is 5.56 Å². The Balaban J connectivity index is 1.81. The van der Waals surface area contributed by atoms with Gasteiger partial charge in [-0.3, -0.25) is 9.59 Å². The van der Waals surface area contributed by atoms with Crippen molar-refractivity contribution in [2.24, 2.45) is 0 Å². The van der Waals surface area contributed by atoms with E-state index in [0.29, 0.717) is 19.6 Å². The number of nitrogens with zero attached hydrogens (tertiary/aromatic N) is 1. The molecule has 0 bridgehead atoms. The summed E-state index contributed by atoms with van der Waals surface area (Å²) in [5, 5.41) is 2.80. The van der Waals surface area contributed by atoms with Crippen LogP contribution in [0.1, 0.15) is 12.0 Å². The minimum Gasteiger partial charge on any atom is -0.378 e. The van der Waals surface area contributed by atoms with Crippen molar-refractivity contribution in [1.82, 2.24) is 10.2 Å². The lowest BCUT2D eigenvalue weighted by atomic mass is 9.94. The van der Waals surface area contributed by atoms with Gasteiger partial charge in [0.15, 0.2) is 0 Å². The number of hydrogen-bond acceptors (Lipinski definition) is 3. The lowest BCUT2D eigenvalue weighted by Gasteiger charge is -2.38. The molecule has 0 aromatic heterocycles.